The van der Waals surface area contributed by atoms with E-state index < -0.39 is 6.17 Å². The molecule has 4 atom stereocenters. The van der Waals surface area contributed by atoms with Gasteiger partial charge in [-0.15, -0.1) is 10.2 Å². The van der Waals surface area contributed by atoms with E-state index >= 15 is 4.39 Å². The zero-order valence-electron chi connectivity index (χ0n) is 19.6. The van der Waals surface area contributed by atoms with Gasteiger partial charge in [-0.1, -0.05) is 0 Å². The Hall–Kier alpha value is -3.16. The van der Waals surface area contributed by atoms with Gasteiger partial charge in [-0.25, -0.2) is 4.39 Å². The maximum absolute atomic E-state index is 15.4. The molecule has 4 fully saturated rings. The molecule has 7 rings (SSSR count). The summed E-state index contributed by atoms with van der Waals surface area (Å²) in [6, 6.07) is 8.92. The van der Waals surface area contributed by atoms with Gasteiger partial charge in [0.2, 0.25) is 0 Å². The van der Waals surface area contributed by atoms with E-state index in [1.54, 1.807) is 23.1 Å². The Bertz CT molecular complexity index is 1280. The van der Waals surface area contributed by atoms with Crippen molar-refractivity contribution in [2.45, 2.75) is 63.2 Å². The van der Waals surface area contributed by atoms with Gasteiger partial charge in [0, 0.05) is 30.1 Å². The van der Waals surface area contributed by atoms with Crippen LogP contribution in [0.1, 0.15) is 55.5 Å². The maximum atomic E-state index is 15.4. The smallest absolute Gasteiger partial charge is 0.289 e. The summed E-state index contributed by atoms with van der Waals surface area (Å²) in [4.78, 5) is 16.4. The fourth-order valence-electron chi connectivity index (χ4n) is 6.32. The third kappa shape index (κ3) is 3.56. The number of nitrogens with zero attached hydrogens (tertiary/aromatic N) is 4. The van der Waals surface area contributed by atoms with Crippen LogP contribution in [0.25, 0.3) is 22.2 Å². The second-order valence-corrected chi connectivity index (χ2v) is 10.8. The molecule has 1 saturated heterocycles. The van der Waals surface area contributed by atoms with Crippen molar-refractivity contribution in [3.8, 4) is 17.0 Å². The monoisotopic (exact) mass is 476 g/mol. The van der Waals surface area contributed by atoms with Crippen molar-refractivity contribution in [2.24, 2.45) is 11.8 Å². The molecule has 2 bridgehead atoms. The minimum atomic E-state index is -0.811. The van der Waals surface area contributed by atoms with E-state index in [9.17, 15) is 9.90 Å². The topological polar surface area (TPSA) is 82.7 Å². The molecule has 3 saturated carbocycles. The number of carbonyl (C=O) groups is 1. The number of hydrogen-bond donors (Lipinski definition) is 1. The molecule has 8 heteroatoms. The molecule has 4 aliphatic rings. The van der Waals surface area contributed by atoms with Gasteiger partial charge in [0.05, 0.1) is 11.7 Å². The second kappa shape index (κ2) is 7.93. The second-order valence-electron chi connectivity index (χ2n) is 10.8. The average Bonchev–Trinajstić information content (AvgIpc) is 3.43. The molecule has 1 amide bonds. The predicted molar refractivity (Wildman–Crippen MR) is 129 cm³/mol. The summed E-state index contributed by atoms with van der Waals surface area (Å²) in [6.45, 7) is 1.50. The number of fused-ring (bicyclic) bond motifs is 3. The highest BCUT2D eigenvalue weighted by atomic mass is 19.1. The van der Waals surface area contributed by atoms with Gasteiger partial charge in [-0.2, -0.15) is 0 Å². The first-order chi connectivity index (χ1) is 17.0. The number of rotatable bonds is 5. The average molecular weight is 477 g/mol. The molecule has 182 valence electrons. The number of phenolic OH excluding ortho intramolecular Hbond substituents is 1. The molecule has 1 aromatic carbocycles. The maximum Gasteiger partial charge on any atom is 0.289 e. The fourth-order valence-corrected chi connectivity index (χ4v) is 6.32. The van der Waals surface area contributed by atoms with Crippen LogP contribution in [0.2, 0.25) is 0 Å². The van der Waals surface area contributed by atoms with Crippen LogP contribution in [0.15, 0.2) is 34.7 Å². The SMILES string of the molecule is O=C(c1cc2cc(O)c(-c3ccc(N(C4CC4)[C@H]4C[C@@H]5CC[C@@H](C5)[C@H]4F)nn3)cc2o1)N1CCC1. The molecule has 0 unspecified atom stereocenters. The lowest BCUT2D eigenvalue weighted by Crippen LogP contribution is -2.49. The first kappa shape index (κ1) is 21.1. The van der Waals surface area contributed by atoms with Crippen molar-refractivity contribution in [3.05, 3.63) is 36.1 Å². The molecule has 3 aromatic rings. The van der Waals surface area contributed by atoms with E-state index in [1.807, 2.05) is 12.1 Å². The summed E-state index contributed by atoms with van der Waals surface area (Å²) in [7, 11) is 0. The van der Waals surface area contributed by atoms with Crippen molar-refractivity contribution >= 4 is 22.7 Å². The number of carbonyl (C=O) groups excluding carboxylic acids is 1. The van der Waals surface area contributed by atoms with Crippen molar-refractivity contribution in [3.63, 3.8) is 0 Å². The first-order valence-corrected chi connectivity index (χ1v) is 12.9. The predicted octanol–water partition coefficient (Wildman–Crippen LogP) is 4.94. The standard InChI is InChI=1S/C27H29FN4O3/c28-26-16-3-2-15(10-16)11-21(26)32(18-4-5-18)25-7-6-20(29-30-25)19-14-23-17(12-22(19)33)13-24(35-23)27(34)31-8-1-9-31/h6-7,12-16,18,21,26,33H,1-5,8-11H2/t15-,16+,21+,26-/m1/s1. The van der Waals surface area contributed by atoms with Gasteiger partial charge in [0.25, 0.3) is 5.91 Å². The van der Waals surface area contributed by atoms with E-state index in [1.165, 1.54) is 0 Å². The van der Waals surface area contributed by atoms with E-state index in [-0.39, 0.29) is 29.4 Å². The highest BCUT2D eigenvalue weighted by Gasteiger charge is 2.48. The lowest BCUT2D eigenvalue weighted by molar-refractivity contribution is 0.0621. The Balaban J connectivity index is 1.17. The van der Waals surface area contributed by atoms with Gasteiger partial charge < -0.3 is 19.3 Å². The first-order valence-electron chi connectivity index (χ1n) is 12.9. The van der Waals surface area contributed by atoms with Crippen LogP contribution in [-0.2, 0) is 0 Å². The number of phenols is 1. The summed E-state index contributed by atoms with van der Waals surface area (Å²) in [6.07, 6.45) is 6.40. The third-order valence-electron chi connectivity index (χ3n) is 8.45. The molecular weight excluding hydrogens is 447 g/mol. The number of anilines is 1. The van der Waals surface area contributed by atoms with Gasteiger partial charge in [0.1, 0.15) is 17.5 Å². The van der Waals surface area contributed by atoms with E-state index in [2.05, 4.69) is 15.1 Å². The quantitative estimate of drug-likeness (QED) is 0.562. The van der Waals surface area contributed by atoms with Crippen molar-refractivity contribution in [1.29, 1.82) is 0 Å². The van der Waals surface area contributed by atoms with Crippen LogP contribution in [-0.4, -0.2) is 57.5 Å². The Labute approximate surface area is 202 Å². The van der Waals surface area contributed by atoms with Crippen LogP contribution in [0.5, 0.6) is 5.75 Å². The van der Waals surface area contributed by atoms with Crippen LogP contribution >= 0.6 is 0 Å². The third-order valence-corrected chi connectivity index (χ3v) is 8.45. The zero-order valence-corrected chi connectivity index (χ0v) is 19.6. The molecule has 2 aromatic heterocycles. The highest BCUT2D eigenvalue weighted by Crippen LogP contribution is 2.48. The summed E-state index contributed by atoms with van der Waals surface area (Å²) in [5.41, 5.74) is 1.52. The van der Waals surface area contributed by atoms with Gasteiger partial charge in [-0.3, -0.25) is 4.79 Å². The molecule has 1 N–H and O–H groups in total. The minimum Gasteiger partial charge on any atom is -0.507 e. The van der Waals surface area contributed by atoms with Crippen LogP contribution in [0.3, 0.4) is 0 Å². The summed E-state index contributed by atoms with van der Waals surface area (Å²) in [5, 5.41) is 20.3. The van der Waals surface area contributed by atoms with E-state index in [0.717, 1.165) is 58.0 Å². The van der Waals surface area contributed by atoms with Crippen molar-refractivity contribution < 1.29 is 18.7 Å². The largest absolute Gasteiger partial charge is 0.507 e. The lowest BCUT2D eigenvalue weighted by Gasteiger charge is -2.40. The Morgan fingerprint density at radius 2 is 1.94 bits per heavy atom. The number of aromatic nitrogens is 2. The Morgan fingerprint density at radius 3 is 2.66 bits per heavy atom. The number of hydrogen-bond acceptors (Lipinski definition) is 6. The molecule has 0 spiro atoms. The van der Waals surface area contributed by atoms with E-state index in [4.69, 9.17) is 4.42 Å². The molecule has 3 heterocycles. The van der Waals surface area contributed by atoms with E-state index in [0.29, 0.717) is 40.0 Å². The zero-order chi connectivity index (χ0) is 23.7. The van der Waals surface area contributed by atoms with Crippen LogP contribution in [0.4, 0.5) is 10.2 Å². The normalized spacial score (nSPS) is 27.7. The number of aromatic hydroxyl groups is 1. The fraction of sp³-hybridized carbons (Fsp3) is 0.519. The summed E-state index contributed by atoms with van der Waals surface area (Å²) < 4.78 is 21.2. The van der Waals surface area contributed by atoms with Crippen molar-refractivity contribution in [1.82, 2.24) is 15.1 Å². The van der Waals surface area contributed by atoms with Crippen LogP contribution in [0, 0.1) is 11.8 Å². The molecule has 7 nitrogen and oxygen atoms in total. The van der Waals surface area contributed by atoms with Gasteiger partial charge in [0.15, 0.2) is 11.6 Å². The van der Waals surface area contributed by atoms with Gasteiger partial charge >= 0.3 is 0 Å². The summed E-state index contributed by atoms with van der Waals surface area (Å²) in [5.74, 6) is 1.73. The Morgan fingerprint density at radius 1 is 1.09 bits per heavy atom. The van der Waals surface area contributed by atoms with Crippen molar-refractivity contribution in [2.75, 3.05) is 18.0 Å². The molecular formula is C27H29FN4O3. The number of furan rings is 1. The number of amides is 1. The molecule has 3 aliphatic carbocycles. The number of benzene rings is 1. The van der Waals surface area contributed by atoms with Gasteiger partial charge in [-0.05, 0) is 87.1 Å². The highest BCUT2D eigenvalue weighted by molar-refractivity contribution is 5.97. The number of halogens is 1. The molecule has 1 aliphatic heterocycles. The lowest BCUT2D eigenvalue weighted by atomic mass is 9.83. The molecule has 0 radical (unpaired) electrons. The molecule has 35 heavy (non-hydrogen) atoms. The Kier molecular flexibility index (Phi) is 4.79. The number of alkyl halides is 1. The number of likely N-dealkylation sites (tertiary alicyclic amines) is 1. The minimum absolute atomic E-state index is 0.0510. The summed E-state index contributed by atoms with van der Waals surface area (Å²) >= 11 is 0. The van der Waals surface area contributed by atoms with Crippen LogP contribution < -0.4 is 4.90 Å².